The highest BCUT2D eigenvalue weighted by Gasteiger charge is 2.21. The highest BCUT2D eigenvalue weighted by molar-refractivity contribution is 6.30. The van der Waals surface area contributed by atoms with Gasteiger partial charge in [-0.15, -0.1) is 0 Å². The Morgan fingerprint density at radius 2 is 1.65 bits per heavy atom. The second-order valence-electron chi connectivity index (χ2n) is 7.07. The molecule has 138 valence electrons. The summed E-state index contributed by atoms with van der Waals surface area (Å²) in [6, 6.07) is 18.6. The Kier molecular flexibility index (Phi) is 7.10. The van der Waals surface area contributed by atoms with E-state index < -0.39 is 0 Å². The molecule has 4 heteroatoms. The van der Waals surface area contributed by atoms with E-state index in [1.165, 1.54) is 31.2 Å². The normalized spacial score (nSPS) is 19.9. The number of amides is 1. The summed E-state index contributed by atoms with van der Waals surface area (Å²) >= 11 is 5.85. The highest BCUT2D eigenvalue weighted by atomic mass is 35.5. The molecule has 0 aliphatic heterocycles. The third kappa shape index (κ3) is 5.86. The standard InChI is InChI=1S/C22H27ClN2O/c23-19-10-14-21(15-11-19)25-22(26)7-4-16-24-20-12-8-18(9-13-20)17-5-2-1-3-6-17/h1-3,5-6,10-11,14-15,18,20,24H,4,7-9,12-13,16H2,(H,25,26)/t18-,20-. The van der Waals surface area contributed by atoms with Gasteiger partial charge in [-0.25, -0.2) is 0 Å². The average Bonchev–Trinajstić information content (AvgIpc) is 2.68. The van der Waals surface area contributed by atoms with Gasteiger partial charge in [-0.3, -0.25) is 4.79 Å². The zero-order valence-electron chi connectivity index (χ0n) is 15.1. The van der Waals surface area contributed by atoms with E-state index in [9.17, 15) is 4.79 Å². The van der Waals surface area contributed by atoms with E-state index in [2.05, 4.69) is 41.0 Å². The van der Waals surface area contributed by atoms with Gasteiger partial charge in [0.2, 0.25) is 5.91 Å². The zero-order valence-corrected chi connectivity index (χ0v) is 15.8. The van der Waals surface area contributed by atoms with Crippen LogP contribution in [0.25, 0.3) is 0 Å². The van der Waals surface area contributed by atoms with Gasteiger partial charge in [-0.1, -0.05) is 41.9 Å². The van der Waals surface area contributed by atoms with Crippen molar-refractivity contribution in [1.82, 2.24) is 5.32 Å². The Hall–Kier alpha value is -1.84. The third-order valence-corrected chi connectivity index (χ3v) is 5.39. The molecule has 1 aliphatic carbocycles. The zero-order chi connectivity index (χ0) is 18.2. The second-order valence-corrected chi connectivity index (χ2v) is 7.51. The van der Waals surface area contributed by atoms with Gasteiger partial charge in [0, 0.05) is 23.2 Å². The topological polar surface area (TPSA) is 41.1 Å². The fraction of sp³-hybridized carbons (Fsp3) is 0.409. The van der Waals surface area contributed by atoms with Gasteiger partial charge in [0.1, 0.15) is 0 Å². The molecule has 2 aromatic rings. The third-order valence-electron chi connectivity index (χ3n) is 5.14. The SMILES string of the molecule is O=C(CCCN[C@H]1CC[C@H](c2ccccc2)CC1)Nc1ccc(Cl)cc1. The Morgan fingerprint density at radius 3 is 2.35 bits per heavy atom. The number of rotatable bonds is 7. The summed E-state index contributed by atoms with van der Waals surface area (Å²) in [7, 11) is 0. The molecule has 1 amide bonds. The van der Waals surface area contributed by atoms with Crippen LogP contribution in [0.3, 0.4) is 0 Å². The van der Waals surface area contributed by atoms with Gasteiger partial charge < -0.3 is 10.6 Å². The first-order valence-corrected chi connectivity index (χ1v) is 9.92. The molecule has 0 spiro atoms. The number of carbonyl (C=O) groups is 1. The lowest BCUT2D eigenvalue weighted by atomic mass is 9.82. The lowest BCUT2D eigenvalue weighted by Crippen LogP contribution is -2.33. The Labute approximate surface area is 161 Å². The number of halogens is 1. The minimum Gasteiger partial charge on any atom is -0.326 e. The summed E-state index contributed by atoms with van der Waals surface area (Å²) < 4.78 is 0. The van der Waals surface area contributed by atoms with Crippen LogP contribution in [-0.2, 0) is 4.79 Å². The van der Waals surface area contributed by atoms with Gasteiger partial charge in [0.15, 0.2) is 0 Å². The first-order chi connectivity index (χ1) is 12.7. The van der Waals surface area contributed by atoms with E-state index in [-0.39, 0.29) is 5.91 Å². The van der Waals surface area contributed by atoms with E-state index in [4.69, 9.17) is 11.6 Å². The van der Waals surface area contributed by atoms with Crippen molar-refractivity contribution >= 4 is 23.2 Å². The second kappa shape index (κ2) is 9.75. The summed E-state index contributed by atoms with van der Waals surface area (Å²) in [6.45, 7) is 0.898. The molecule has 3 rings (SSSR count). The lowest BCUT2D eigenvalue weighted by molar-refractivity contribution is -0.116. The Bertz CT molecular complexity index is 679. The summed E-state index contributed by atoms with van der Waals surface area (Å²) in [6.07, 6.45) is 6.33. The molecule has 0 heterocycles. The Balaban J connectivity index is 1.30. The van der Waals surface area contributed by atoms with Crippen molar-refractivity contribution in [3.8, 4) is 0 Å². The van der Waals surface area contributed by atoms with Crippen molar-refractivity contribution in [2.24, 2.45) is 0 Å². The quantitative estimate of drug-likeness (QED) is 0.643. The molecular weight excluding hydrogens is 344 g/mol. The van der Waals surface area contributed by atoms with Crippen LogP contribution >= 0.6 is 11.6 Å². The molecule has 1 fully saturated rings. The highest BCUT2D eigenvalue weighted by Crippen LogP contribution is 2.32. The summed E-state index contributed by atoms with van der Waals surface area (Å²) in [5.74, 6) is 0.765. The van der Waals surface area contributed by atoms with Crippen molar-refractivity contribution in [3.63, 3.8) is 0 Å². The maximum atomic E-state index is 12.0. The van der Waals surface area contributed by atoms with E-state index >= 15 is 0 Å². The summed E-state index contributed by atoms with van der Waals surface area (Å²) in [4.78, 5) is 12.0. The summed E-state index contributed by atoms with van der Waals surface area (Å²) in [5.41, 5.74) is 2.27. The van der Waals surface area contributed by atoms with E-state index in [1.807, 2.05) is 12.1 Å². The smallest absolute Gasteiger partial charge is 0.224 e. The molecule has 0 atom stereocenters. The van der Waals surface area contributed by atoms with Crippen LogP contribution in [0.5, 0.6) is 0 Å². The van der Waals surface area contributed by atoms with Gasteiger partial charge >= 0.3 is 0 Å². The van der Waals surface area contributed by atoms with Crippen molar-refractivity contribution < 1.29 is 4.79 Å². The van der Waals surface area contributed by atoms with Crippen LogP contribution in [0.15, 0.2) is 54.6 Å². The van der Waals surface area contributed by atoms with Crippen LogP contribution in [0, 0.1) is 0 Å². The molecule has 0 bridgehead atoms. The molecule has 1 aliphatic rings. The number of nitrogens with one attached hydrogen (secondary N) is 2. The van der Waals surface area contributed by atoms with E-state index in [1.54, 1.807) is 12.1 Å². The van der Waals surface area contributed by atoms with Crippen molar-refractivity contribution in [3.05, 3.63) is 65.2 Å². The van der Waals surface area contributed by atoms with Crippen LogP contribution in [0.4, 0.5) is 5.69 Å². The fourth-order valence-electron chi connectivity index (χ4n) is 3.67. The fourth-order valence-corrected chi connectivity index (χ4v) is 3.79. The molecule has 3 nitrogen and oxygen atoms in total. The van der Waals surface area contributed by atoms with Crippen molar-refractivity contribution in [2.45, 2.75) is 50.5 Å². The molecular formula is C22H27ClN2O. The number of hydrogen-bond donors (Lipinski definition) is 2. The van der Waals surface area contributed by atoms with E-state index in [0.29, 0.717) is 23.4 Å². The van der Waals surface area contributed by atoms with Gasteiger partial charge in [0.05, 0.1) is 0 Å². The minimum absolute atomic E-state index is 0.0573. The molecule has 0 aromatic heterocycles. The number of hydrogen-bond acceptors (Lipinski definition) is 2. The van der Waals surface area contributed by atoms with Crippen LogP contribution in [0.2, 0.25) is 5.02 Å². The maximum absolute atomic E-state index is 12.0. The van der Waals surface area contributed by atoms with Gasteiger partial charge in [0.25, 0.3) is 0 Å². The molecule has 2 aromatic carbocycles. The number of benzene rings is 2. The molecule has 2 N–H and O–H groups in total. The van der Waals surface area contributed by atoms with Crippen molar-refractivity contribution in [2.75, 3.05) is 11.9 Å². The average molecular weight is 371 g/mol. The molecule has 0 saturated heterocycles. The predicted molar refractivity (Wildman–Crippen MR) is 109 cm³/mol. The predicted octanol–water partition coefficient (Wildman–Crippen LogP) is 5.37. The molecule has 1 saturated carbocycles. The minimum atomic E-state index is 0.0573. The van der Waals surface area contributed by atoms with E-state index in [0.717, 1.165) is 18.7 Å². The molecule has 0 unspecified atom stereocenters. The largest absolute Gasteiger partial charge is 0.326 e. The Morgan fingerprint density at radius 1 is 0.962 bits per heavy atom. The van der Waals surface area contributed by atoms with Crippen molar-refractivity contribution in [1.29, 1.82) is 0 Å². The first-order valence-electron chi connectivity index (χ1n) is 9.54. The lowest BCUT2D eigenvalue weighted by Gasteiger charge is -2.29. The molecule has 0 radical (unpaired) electrons. The maximum Gasteiger partial charge on any atom is 0.224 e. The number of anilines is 1. The molecule has 26 heavy (non-hydrogen) atoms. The van der Waals surface area contributed by atoms with Crippen LogP contribution in [0.1, 0.15) is 50.0 Å². The van der Waals surface area contributed by atoms with Crippen LogP contribution in [-0.4, -0.2) is 18.5 Å². The first kappa shape index (κ1) is 18.9. The van der Waals surface area contributed by atoms with Gasteiger partial charge in [-0.2, -0.15) is 0 Å². The summed E-state index contributed by atoms with van der Waals surface area (Å²) in [5, 5.41) is 7.20. The monoisotopic (exact) mass is 370 g/mol. The van der Waals surface area contributed by atoms with Crippen LogP contribution < -0.4 is 10.6 Å². The van der Waals surface area contributed by atoms with Gasteiger partial charge in [-0.05, 0) is 74.4 Å². The number of carbonyl (C=O) groups excluding carboxylic acids is 1.